The molecular formula is C14H14N2O2. The molecule has 0 aliphatic carbocycles. The molecule has 4 heteroatoms. The number of fused-ring (bicyclic) bond motifs is 3. The van der Waals surface area contributed by atoms with Crippen molar-refractivity contribution in [2.75, 3.05) is 7.11 Å². The van der Waals surface area contributed by atoms with E-state index in [0.717, 1.165) is 34.0 Å². The van der Waals surface area contributed by atoms with Gasteiger partial charge < -0.3 is 13.9 Å². The summed E-state index contributed by atoms with van der Waals surface area (Å²) in [5, 5.41) is 2.19. The van der Waals surface area contributed by atoms with Crippen molar-refractivity contribution in [3.63, 3.8) is 0 Å². The van der Waals surface area contributed by atoms with E-state index in [1.165, 1.54) is 0 Å². The Hall–Kier alpha value is -2.23. The first-order valence-electron chi connectivity index (χ1n) is 5.74. The van der Waals surface area contributed by atoms with Gasteiger partial charge in [-0.25, -0.2) is 0 Å². The van der Waals surface area contributed by atoms with Crippen LogP contribution in [-0.4, -0.2) is 22.5 Å². The Kier molecular flexibility index (Phi) is 2.20. The molecule has 0 saturated carbocycles. The van der Waals surface area contributed by atoms with Gasteiger partial charge in [-0.15, -0.1) is 0 Å². The van der Waals surface area contributed by atoms with E-state index in [1.54, 1.807) is 7.11 Å². The molecule has 0 unspecified atom stereocenters. The van der Waals surface area contributed by atoms with Crippen LogP contribution in [0, 0.1) is 0 Å². The van der Waals surface area contributed by atoms with Crippen molar-refractivity contribution < 1.29 is 9.53 Å². The van der Waals surface area contributed by atoms with E-state index in [9.17, 15) is 4.79 Å². The number of carbonyl (C=O) groups excluding carboxylic acids is 1. The summed E-state index contributed by atoms with van der Waals surface area (Å²) in [6, 6.07) is 7.91. The van der Waals surface area contributed by atoms with Crippen molar-refractivity contribution in [3.05, 3.63) is 30.0 Å². The van der Waals surface area contributed by atoms with E-state index >= 15 is 0 Å². The van der Waals surface area contributed by atoms with E-state index in [-0.39, 0.29) is 0 Å². The summed E-state index contributed by atoms with van der Waals surface area (Å²) < 4.78 is 9.26. The highest BCUT2D eigenvalue weighted by molar-refractivity contribution is 6.09. The summed E-state index contributed by atoms with van der Waals surface area (Å²) in [5.41, 5.74) is 2.86. The summed E-state index contributed by atoms with van der Waals surface area (Å²) in [4.78, 5) is 11.0. The van der Waals surface area contributed by atoms with Gasteiger partial charge in [0, 0.05) is 24.9 Å². The number of nitrogens with zero attached hydrogens (tertiary/aromatic N) is 2. The van der Waals surface area contributed by atoms with Crippen molar-refractivity contribution in [2.45, 2.75) is 0 Å². The lowest BCUT2D eigenvalue weighted by atomic mass is 10.2. The number of ether oxygens (including phenoxy) is 1. The molecule has 0 aliphatic rings. The van der Waals surface area contributed by atoms with Gasteiger partial charge in [-0.3, -0.25) is 4.79 Å². The third-order valence-electron chi connectivity index (χ3n) is 3.53. The fourth-order valence-corrected chi connectivity index (χ4v) is 2.59. The molecule has 0 amide bonds. The van der Waals surface area contributed by atoms with Crippen LogP contribution in [-0.2, 0) is 14.1 Å². The zero-order chi connectivity index (χ0) is 12.9. The number of rotatable bonds is 2. The number of hydrogen-bond donors (Lipinski definition) is 0. The number of benzene rings is 1. The molecule has 0 saturated heterocycles. The minimum atomic E-state index is 0.681. The predicted octanol–water partition coefficient (Wildman–Crippen LogP) is 2.49. The van der Waals surface area contributed by atoms with E-state index in [4.69, 9.17) is 4.74 Å². The Morgan fingerprint density at radius 3 is 2.56 bits per heavy atom. The molecule has 0 N–H and O–H groups in total. The van der Waals surface area contributed by atoms with Crippen LogP contribution in [0.25, 0.3) is 21.9 Å². The molecule has 0 bridgehead atoms. The number of hydrogen-bond acceptors (Lipinski definition) is 2. The maximum atomic E-state index is 11.0. The highest BCUT2D eigenvalue weighted by Gasteiger charge is 2.14. The van der Waals surface area contributed by atoms with E-state index in [2.05, 4.69) is 4.57 Å². The average molecular weight is 242 g/mol. The molecule has 0 fully saturated rings. The summed E-state index contributed by atoms with van der Waals surface area (Å²) >= 11 is 0. The van der Waals surface area contributed by atoms with Crippen LogP contribution in [0.3, 0.4) is 0 Å². The third kappa shape index (κ3) is 1.23. The lowest BCUT2D eigenvalue weighted by molar-refractivity contribution is 0.111. The van der Waals surface area contributed by atoms with E-state index < -0.39 is 0 Å². The number of aromatic nitrogens is 2. The highest BCUT2D eigenvalue weighted by atomic mass is 16.5. The average Bonchev–Trinajstić information content (AvgIpc) is 2.86. The molecule has 0 spiro atoms. The van der Waals surface area contributed by atoms with E-state index in [0.29, 0.717) is 5.69 Å². The molecule has 3 aromatic rings. The molecule has 92 valence electrons. The van der Waals surface area contributed by atoms with Crippen molar-refractivity contribution in [3.8, 4) is 5.75 Å². The first-order valence-corrected chi connectivity index (χ1v) is 5.74. The summed E-state index contributed by atoms with van der Waals surface area (Å²) in [6.07, 6.45) is 0.881. The molecule has 0 aliphatic heterocycles. The molecule has 1 aromatic carbocycles. The maximum Gasteiger partial charge on any atom is 0.166 e. The van der Waals surface area contributed by atoms with Crippen LogP contribution in [0.15, 0.2) is 24.3 Å². The zero-order valence-corrected chi connectivity index (χ0v) is 10.6. The van der Waals surface area contributed by atoms with Crippen LogP contribution in [0.5, 0.6) is 5.75 Å². The molecule has 0 radical (unpaired) electrons. The van der Waals surface area contributed by atoms with Crippen molar-refractivity contribution in [2.24, 2.45) is 14.1 Å². The largest absolute Gasteiger partial charge is 0.497 e. The molecule has 3 rings (SSSR count). The molecule has 2 aromatic heterocycles. The Morgan fingerprint density at radius 2 is 1.89 bits per heavy atom. The summed E-state index contributed by atoms with van der Waals surface area (Å²) in [6.45, 7) is 0. The second-order valence-electron chi connectivity index (χ2n) is 4.43. The summed E-state index contributed by atoms with van der Waals surface area (Å²) in [7, 11) is 5.57. The van der Waals surface area contributed by atoms with Gasteiger partial charge in [0.15, 0.2) is 6.29 Å². The van der Waals surface area contributed by atoms with Gasteiger partial charge >= 0.3 is 0 Å². The maximum absolute atomic E-state index is 11.0. The fraction of sp³-hybridized carbons (Fsp3) is 0.214. The lowest BCUT2D eigenvalue weighted by Gasteiger charge is -2.03. The van der Waals surface area contributed by atoms with Gasteiger partial charge in [0.2, 0.25) is 0 Å². The topological polar surface area (TPSA) is 36.2 Å². The van der Waals surface area contributed by atoms with Crippen LogP contribution in [0.2, 0.25) is 0 Å². The molecule has 18 heavy (non-hydrogen) atoms. The van der Waals surface area contributed by atoms with Crippen molar-refractivity contribution in [1.29, 1.82) is 0 Å². The number of carbonyl (C=O) groups is 1. The Balaban J connectivity index is 2.50. The zero-order valence-electron chi connectivity index (χ0n) is 10.6. The van der Waals surface area contributed by atoms with Gasteiger partial charge in [0.25, 0.3) is 0 Å². The van der Waals surface area contributed by atoms with Gasteiger partial charge in [0.1, 0.15) is 11.4 Å². The second-order valence-corrected chi connectivity index (χ2v) is 4.43. The van der Waals surface area contributed by atoms with Gasteiger partial charge in [-0.2, -0.15) is 0 Å². The normalized spacial score (nSPS) is 11.3. The Morgan fingerprint density at radius 1 is 1.11 bits per heavy atom. The first kappa shape index (κ1) is 10.9. The smallest absolute Gasteiger partial charge is 0.166 e. The second kappa shape index (κ2) is 3.63. The van der Waals surface area contributed by atoms with Gasteiger partial charge in [0.05, 0.1) is 18.3 Å². The predicted molar refractivity (Wildman–Crippen MR) is 71.3 cm³/mol. The van der Waals surface area contributed by atoms with Crippen LogP contribution in [0.1, 0.15) is 10.5 Å². The fourth-order valence-electron chi connectivity index (χ4n) is 2.59. The minimum Gasteiger partial charge on any atom is -0.497 e. The highest BCUT2D eigenvalue weighted by Crippen LogP contribution is 2.32. The first-order chi connectivity index (χ1) is 8.67. The standard InChI is InChI=1S/C14H14N2O2/c1-15-9(8-17)6-12-11-7-10(18-3)4-5-13(11)16(2)14(12)15/h4-8H,1-3H3. The Labute approximate surface area is 104 Å². The monoisotopic (exact) mass is 242 g/mol. The quantitative estimate of drug-likeness (QED) is 0.647. The van der Waals surface area contributed by atoms with Crippen LogP contribution >= 0.6 is 0 Å². The van der Waals surface area contributed by atoms with Crippen LogP contribution in [0.4, 0.5) is 0 Å². The number of methoxy groups -OCH3 is 1. The van der Waals surface area contributed by atoms with Crippen molar-refractivity contribution in [1.82, 2.24) is 9.13 Å². The molecular weight excluding hydrogens is 228 g/mol. The molecule has 0 atom stereocenters. The van der Waals surface area contributed by atoms with Gasteiger partial charge in [-0.05, 0) is 24.3 Å². The summed E-state index contributed by atoms with van der Waals surface area (Å²) in [5.74, 6) is 0.825. The SMILES string of the molecule is COc1ccc2c(c1)c1cc(C=O)n(C)c1n2C. The Bertz CT molecular complexity index is 765. The number of aryl methyl sites for hydroxylation is 2. The molecule has 2 heterocycles. The van der Waals surface area contributed by atoms with Crippen molar-refractivity contribution >= 4 is 28.2 Å². The lowest BCUT2D eigenvalue weighted by Crippen LogP contribution is -1.99. The molecule has 4 nitrogen and oxygen atoms in total. The number of aldehydes is 1. The third-order valence-corrected chi connectivity index (χ3v) is 3.53. The van der Waals surface area contributed by atoms with Gasteiger partial charge in [-0.1, -0.05) is 0 Å². The van der Waals surface area contributed by atoms with E-state index in [1.807, 2.05) is 42.9 Å². The van der Waals surface area contributed by atoms with Crippen LogP contribution < -0.4 is 4.74 Å². The minimum absolute atomic E-state index is 0.681.